The number of quaternary nitrogens is 1. The summed E-state index contributed by atoms with van der Waals surface area (Å²) in [7, 11) is -4.54. The Labute approximate surface area is 151 Å². The molecule has 0 radical (unpaired) electrons. The molecule has 0 aliphatic carbocycles. The van der Waals surface area contributed by atoms with E-state index < -0.39 is 13.8 Å². The van der Waals surface area contributed by atoms with Crippen LogP contribution >= 0.6 is 7.82 Å². The molecular weight excluding hydrogens is 345 g/mol. The van der Waals surface area contributed by atoms with Gasteiger partial charge in [0, 0.05) is 12.0 Å². The van der Waals surface area contributed by atoms with Gasteiger partial charge in [-0.1, -0.05) is 27.4 Å². The Morgan fingerprint density at radius 1 is 1.12 bits per heavy atom. The Morgan fingerprint density at radius 3 is 1.96 bits per heavy atom. The number of esters is 1. The molecule has 0 saturated carbocycles. The Kier molecular flexibility index (Phi) is 11.5. The van der Waals surface area contributed by atoms with Crippen LogP contribution in [-0.2, 0) is 18.6 Å². The molecule has 0 aliphatic rings. The molecule has 0 aromatic carbocycles. The van der Waals surface area contributed by atoms with Crippen LogP contribution in [0.15, 0.2) is 12.2 Å². The van der Waals surface area contributed by atoms with Gasteiger partial charge in [-0.25, -0.2) is 9.36 Å². The monoisotopic (exact) mass is 380 g/mol. The summed E-state index contributed by atoms with van der Waals surface area (Å²) >= 11 is 0. The number of hydrogen-bond donors (Lipinski definition) is 2. The molecular formula is C17H35NO6P+. The first-order chi connectivity index (χ1) is 11.6. The highest BCUT2D eigenvalue weighted by Crippen LogP contribution is 2.37. The van der Waals surface area contributed by atoms with Crippen molar-refractivity contribution in [2.24, 2.45) is 0 Å². The van der Waals surface area contributed by atoms with Gasteiger partial charge in [0.25, 0.3) is 0 Å². The maximum Gasteiger partial charge on any atom is 0.469 e. The molecule has 0 heterocycles. The standard InChI is InChI=1S/C17H34NO6P/c1-6-10-18(11-7-2,12-8-3)16(14-24-25(20,21)22)9-13-23-17(19)15(4)5/h16H,4,6-14H2,1-3,5H3,(H-,20,21,22)/p+1. The smallest absolute Gasteiger partial charge is 0.462 e. The molecule has 7 nitrogen and oxygen atoms in total. The predicted octanol–water partition coefficient (Wildman–Crippen LogP) is 3.02. The lowest BCUT2D eigenvalue weighted by atomic mass is 10.1. The van der Waals surface area contributed by atoms with Crippen LogP contribution in [0.2, 0.25) is 0 Å². The first kappa shape index (κ1) is 24.3. The summed E-state index contributed by atoms with van der Waals surface area (Å²) in [5, 5.41) is 0. The molecule has 8 heteroatoms. The third kappa shape index (κ3) is 9.52. The second-order valence-corrected chi connectivity index (χ2v) is 7.77. The van der Waals surface area contributed by atoms with Gasteiger partial charge >= 0.3 is 13.8 Å². The van der Waals surface area contributed by atoms with E-state index in [9.17, 15) is 9.36 Å². The molecule has 0 fully saturated rings. The molecule has 2 N–H and O–H groups in total. The number of phosphoric acid groups is 1. The fraction of sp³-hybridized carbons (Fsp3) is 0.824. The molecule has 0 rings (SSSR count). The third-order valence-electron chi connectivity index (χ3n) is 4.25. The van der Waals surface area contributed by atoms with Crippen LogP contribution in [0.3, 0.4) is 0 Å². The van der Waals surface area contributed by atoms with Gasteiger partial charge in [0.05, 0.1) is 26.2 Å². The van der Waals surface area contributed by atoms with Crippen molar-refractivity contribution in [3.05, 3.63) is 12.2 Å². The number of nitrogens with zero attached hydrogens (tertiary/aromatic N) is 1. The van der Waals surface area contributed by atoms with Crippen LogP contribution in [0, 0.1) is 0 Å². The van der Waals surface area contributed by atoms with Crippen molar-refractivity contribution in [1.29, 1.82) is 0 Å². The minimum Gasteiger partial charge on any atom is -0.462 e. The summed E-state index contributed by atoms with van der Waals surface area (Å²) in [6, 6.07) is -0.148. The Morgan fingerprint density at radius 2 is 1.60 bits per heavy atom. The fourth-order valence-electron chi connectivity index (χ4n) is 3.33. The van der Waals surface area contributed by atoms with Gasteiger partial charge in [-0.2, -0.15) is 0 Å². The van der Waals surface area contributed by atoms with E-state index in [4.69, 9.17) is 19.0 Å². The number of hydrogen-bond acceptors (Lipinski definition) is 4. The Bertz CT molecular complexity index is 445. The highest BCUT2D eigenvalue weighted by atomic mass is 31.2. The molecule has 0 aromatic rings. The van der Waals surface area contributed by atoms with Crippen LogP contribution in [0.1, 0.15) is 53.4 Å². The van der Waals surface area contributed by atoms with Crippen molar-refractivity contribution >= 4 is 13.8 Å². The summed E-state index contributed by atoms with van der Waals surface area (Å²) in [5.74, 6) is -0.450. The zero-order valence-electron chi connectivity index (χ0n) is 16.1. The number of ether oxygens (including phenoxy) is 1. The van der Waals surface area contributed by atoms with Crippen molar-refractivity contribution in [3.8, 4) is 0 Å². The normalized spacial score (nSPS) is 13.5. The van der Waals surface area contributed by atoms with Crippen molar-refractivity contribution < 1.29 is 32.9 Å². The van der Waals surface area contributed by atoms with Gasteiger partial charge in [-0.3, -0.25) is 4.52 Å². The number of rotatable bonds is 14. The van der Waals surface area contributed by atoms with E-state index in [0.29, 0.717) is 16.5 Å². The predicted molar refractivity (Wildman–Crippen MR) is 97.9 cm³/mol. The van der Waals surface area contributed by atoms with Gasteiger partial charge in [0.15, 0.2) is 0 Å². The summed E-state index contributed by atoms with van der Waals surface area (Å²) < 4.78 is 21.9. The van der Waals surface area contributed by atoms with Crippen LogP contribution in [0.25, 0.3) is 0 Å². The molecule has 1 atom stereocenters. The number of carbonyl (C=O) groups is 1. The first-order valence-corrected chi connectivity index (χ1v) is 10.5. The lowest BCUT2D eigenvalue weighted by molar-refractivity contribution is -0.952. The second kappa shape index (κ2) is 11.8. The largest absolute Gasteiger partial charge is 0.469 e. The number of carbonyl (C=O) groups excluding carboxylic acids is 1. The quantitative estimate of drug-likeness (QED) is 0.208. The average molecular weight is 380 g/mol. The lowest BCUT2D eigenvalue weighted by Gasteiger charge is -2.45. The molecule has 0 spiro atoms. The lowest BCUT2D eigenvalue weighted by Crippen LogP contribution is -2.58. The molecule has 1 unspecified atom stereocenters. The van der Waals surface area contributed by atoms with E-state index in [0.717, 1.165) is 38.9 Å². The highest BCUT2D eigenvalue weighted by molar-refractivity contribution is 7.46. The minimum absolute atomic E-state index is 0.0606. The highest BCUT2D eigenvalue weighted by Gasteiger charge is 2.36. The Hall–Kier alpha value is -0.720. The summed E-state index contributed by atoms with van der Waals surface area (Å²) in [5.41, 5.74) is 0.333. The summed E-state index contributed by atoms with van der Waals surface area (Å²) in [6.07, 6.45) is 3.35. The van der Waals surface area contributed by atoms with Gasteiger partial charge in [0.1, 0.15) is 12.6 Å². The molecule has 25 heavy (non-hydrogen) atoms. The molecule has 0 bridgehead atoms. The van der Waals surface area contributed by atoms with Crippen molar-refractivity contribution in [3.63, 3.8) is 0 Å². The van der Waals surface area contributed by atoms with E-state index in [1.807, 2.05) is 0 Å². The third-order valence-corrected chi connectivity index (χ3v) is 4.73. The van der Waals surface area contributed by atoms with Crippen molar-refractivity contribution in [1.82, 2.24) is 0 Å². The topological polar surface area (TPSA) is 93.1 Å². The van der Waals surface area contributed by atoms with E-state index in [1.54, 1.807) is 6.92 Å². The van der Waals surface area contributed by atoms with E-state index >= 15 is 0 Å². The van der Waals surface area contributed by atoms with Crippen LogP contribution < -0.4 is 0 Å². The van der Waals surface area contributed by atoms with Gasteiger partial charge in [-0.15, -0.1) is 0 Å². The average Bonchev–Trinajstić information content (AvgIpc) is 2.49. The van der Waals surface area contributed by atoms with Gasteiger partial charge in [0.2, 0.25) is 0 Å². The first-order valence-electron chi connectivity index (χ1n) is 9.00. The maximum absolute atomic E-state index is 11.6. The van der Waals surface area contributed by atoms with E-state index in [2.05, 4.69) is 27.4 Å². The van der Waals surface area contributed by atoms with E-state index in [1.165, 1.54) is 0 Å². The zero-order valence-corrected chi connectivity index (χ0v) is 17.0. The molecule has 0 saturated heterocycles. The van der Waals surface area contributed by atoms with Crippen molar-refractivity contribution in [2.45, 2.75) is 59.4 Å². The van der Waals surface area contributed by atoms with Crippen LogP contribution in [-0.4, -0.2) is 59.1 Å². The Balaban J connectivity index is 5.28. The number of phosphoric ester groups is 1. The summed E-state index contributed by atoms with van der Waals surface area (Å²) in [4.78, 5) is 29.8. The van der Waals surface area contributed by atoms with Crippen LogP contribution in [0.5, 0.6) is 0 Å². The van der Waals surface area contributed by atoms with Gasteiger partial charge < -0.3 is 19.0 Å². The second-order valence-electron chi connectivity index (χ2n) is 6.53. The van der Waals surface area contributed by atoms with E-state index in [-0.39, 0.29) is 19.3 Å². The maximum atomic E-state index is 11.6. The molecule has 0 aliphatic heterocycles. The molecule has 0 amide bonds. The van der Waals surface area contributed by atoms with Gasteiger partial charge in [-0.05, 0) is 26.2 Å². The van der Waals surface area contributed by atoms with Crippen molar-refractivity contribution in [2.75, 3.05) is 32.8 Å². The molecule has 0 aromatic heterocycles. The minimum atomic E-state index is -4.54. The molecule has 148 valence electrons. The summed E-state index contributed by atoms with van der Waals surface area (Å²) in [6.45, 7) is 14.2. The SMILES string of the molecule is C=C(C)C(=O)OCCC(COP(=O)(O)O)[N+](CCC)(CCC)CCC. The van der Waals surface area contributed by atoms with Crippen LogP contribution in [0.4, 0.5) is 0 Å². The fourth-order valence-corrected chi connectivity index (χ4v) is 3.69. The zero-order chi connectivity index (χ0) is 19.5.